The highest BCUT2D eigenvalue weighted by atomic mass is 19.4. The Bertz CT molecular complexity index is 1270. The molecule has 0 unspecified atom stereocenters. The first-order valence-corrected chi connectivity index (χ1v) is 8.46. The SMILES string of the molecule is Cc1nc2cnc(-c3ccc(F)c(C(F)(F)F)c3)cn2c1-c1c(F)cc(O)cc1F. The number of hydrogen-bond donors (Lipinski definition) is 1. The maximum Gasteiger partial charge on any atom is 0.419 e. The van der Waals surface area contributed by atoms with Crippen LogP contribution in [0.3, 0.4) is 0 Å². The summed E-state index contributed by atoms with van der Waals surface area (Å²) in [5.74, 6) is -4.12. The third kappa shape index (κ3) is 3.23. The Hall–Kier alpha value is -3.56. The fraction of sp³-hybridized carbons (Fsp3) is 0.100. The summed E-state index contributed by atoms with van der Waals surface area (Å²) < 4.78 is 82.8. The summed E-state index contributed by atoms with van der Waals surface area (Å²) in [6, 6.07) is 3.85. The van der Waals surface area contributed by atoms with Crippen molar-refractivity contribution in [3.63, 3.8) is 0 Å². The van der Waals surface area contributed by atoms with Gasteiger partial charge in [-0.25, -0.2) is 18.2 Å². The molecule has 2 aromatic heterocycles. The van der Waals surface area contributed by atoms with Crippen LogP contribution in [-0.4, -0.2) is 19.5 Å². The smallest absolute Gasteiger partial charge is 0.419 e. The molecule has 0 radical (unpaired) electrons. The number of halogens is 6. The quantitative estimate of drug-likeness (QED) is 0.433. The Balaban J connectivity index is 1.95. The van der Waals surface area contributed by atoms with Gasteiger partial charge in [-0.2, -0.15) is 13.2 Å². The van der Waals surface area contributed by atoms with Gasteiger partial charge in [0.25, 0.3) is 0 Å². The number of rotatable bonds is 2. The van der Waals surface area contributed by atoms with Crippen LogP contribution in [0.5, 0.6) is 5.75 Å². The zero-order valence-electron chi connectivity index (χ0n) is 15.1. The summed E-state index contributed by atoms with van der Waals surface area (Å²) in [5.41, 5.74) is -1.55. The first-order chi connectivity index (χ1) is 14.1. The topological polar surface area (TPSA) is 50.4 Å². The van der Waals surface area contributed by atoms with Crippen LogP contribution < -0.4 is 0 Å². The largest absolute Gasteiger partial charge is 0.508 e. The molecule has 0 saturated heterocycles. The molecule has 0 amide bonds. The zero-order valence-corrected chi connectivity index (χ0v) is 15.1. The van der Waals surface area contributed by atoms with E-state index in [-0.39, 0.29) is 28.3 Å². The van der Waals surface area contributed by atoms with Crippen molar-refractivity contribution in [1.82, 2.24) is 14.4 Å². The van der Waals surface area contributed by atoms with Gasteiger partial charge in [-0.3, -0.25) is 9.38 Å². The lowest BCUT2D eigenvalue weighted by Crippen LogP contribution is -2.08. The van der Waals surface area contributed by atoms with Gasteiger partial charge in [0.1, 0.15) is 23.2 Å². The summed E-state index contributed by atoms with van der Waals surface area (Å²) in [7, 11) is 0. The molecule has 10 heteroatoms. The maximum absolute atomic E-state index is 14.4. The Morgan fingerprint density at radius 3 is 2.27 bits per heavy atom. The predicted octanol–water partition coefficient (Wildman–Crippen LogP) is 5.51. The second-order valence-electron chi connectivity index (χ2n) is 6.52. The highest BCUT2D eigenvalue weighted by Crippen LogP contribution is 2.35. The molecule has 154 valence electrons. The molecule has 0 bridgehead atoms. The first-order valence-electron chi connectivity index (χ1n) is 8.46. The van der Waals surface area contributed by atoms with Gasteiger partial charge >= 0.3 is 6.18 Å². The molecule has 0 saturated carbocycles. The van der Waals surface area contributed by atoms with Gasteiger partial charge in [0.15, 0.2) is 5.65 Å². The summed E-state index contributed by atoms with van der Waals surface area (Å²) in [6.45, 7) is 1.49. The van der Waals surface area contributed by atoms with E-state index in [1.807, 2.05) is 0 Å². The molecule has 0 aliphatic rings. The zero-order chi connectivity index (χ0) is 21.8. The number of aryl methyl sites for hydroxylation is 1. The number of hydrogen-bond acceptors (Lipinski definition) is 3. The van der Waals surface area contributed by atoms with E-state index in [0.717, 1.165) is 18.2 Å². The van der Waals surface area contributed by atoms with Gasteiger partial charge in [0.2, 0.25) is 0 Å². The van der Waals surface area contributed by atoms with E-state index in [0.29, 0.717) is 12.1 Å². The maximum atomic E-state index is 14.4. The predicted molar refractivity (Wildman–Crippen MR) is 95.1 cm³/mol. The Kier molecular flexibility index (Phi) is 4.44. The highest BCUT2D eigenvalue weighted by molar-refractivity contribution is 5.70. The fourth-order valence-electron chi connectivity index (χ4n) is 3.21. The molecule has 2 heterocycles. The van der Waals surface area contributed by atoms with Crippen molar-refractivity contribution < 1.29 is 31.4 Å². The second kappa shape index (κ2) is 6.75. The molecule has 2 aromatic carbocycles. The average molecular weight is 423 g/mol. The van der Waals surface area contributed by atoms with Crippen LogP contribution in [-0.2, 0) is 6.18 Å². The van der Waals surface area contributed by atoms with E-state index in [2.05, 4.69) is 9.97 Å². The molecule has 0 atom stereocenters. The number of aromatic nitrogens is 3. The minimum Gasteiger partial charge on any atom is -0.508 e. The summed E-state index contributed by atoms with van der Waals surface area (Å²) in [5, 5.41) is 9.37. The first kappa shape index (κ1) is 19.7. The van der Waals surface area contributed by atoms with Crippen LogP contribution in [0, 0.1) is 24.4 Å². The average Bonchev–Trinajstić information content (AvgIpc) is 2.96. The number of benzene rings is 2. The van der Waals surface area contributed by atoms with Crippen LogP contribution in [0.4, 0.5) is 26.3 Å². The van der Waals surface area contributed by atoms with E-state index < -0.39 is 40.5 Å². The van der Waals surface area contributed by atoms with Crippen molar-refractivity contribution in [3.8, 4) is 28.3 Å². The van der Waals surface area contributed by atoms with Crippen molar-refractivity contribution in [2.75, 3.05) is 0 Å². The third-order valence-electron chi connectivity index (χ3n) is 4.51. The van der Waals surface area contributed by atoms with Gasteiger partial charge < -0.3 is 5.11 Å². The van der Waals surface area contributed by atoms with Crippen molar-refractivity contribution >= 4 is 5.65 Å². The van der Waals surface area contributed by atoms with E-state index in [1.54, 1.807) is 0 Å². The molecule has 0 fully saturated rings. The van der Waals surface area contributed by atoms with Crippen molar-refractivity contribution in [3.05, 3.63) is 71.4 Å². The van der Waals surface area contributed by atoms with E-state index in [1.165, 1.54) is 23.7 Å². The molecule has 4 nitrogen and oxygen atoms in total. The van der Waals surface area contributed by atoms with Crippen LogP contribution in [0.1, 0.15) is 11.3 Å². The Morgan fingerprint density at radius 2 is 1.63 bits per heavy atom. The van der Waals surface area contributed by atoms with Crippen LogP contribution >= 0.6 is 0 Å². The monoisotopic (exact) mass is 423 g/mol. The fourth-order valence-corrected chi connectivity index (χ4v) is 3.21. The summed E-state index contributed by atoms with van der Waals surface area (Å²) in [6.07, 6.45) is -2.43. The number of alkyl halides is 3. The van der Waals surface area contributed by atoms with Crippen LogP contribution in [0.15, 0.2) is 42.7 Å². The minimum atomic E-state index is -4.90. The number of fused-ring (bicyclic) bond motifs is 1. The van der Waals surface area contributed by atoms with E-state index >= 15 is 0 Å². The molecule has 1 N–H and O–H groups in total. The van der Waals surface area contributed by atoms with E-state index in [9.17, 15) is 31.4 Å². The third-order valence-corrected chi connectivity index (χ3v) is 4.51. The number of nitrogens with zero attached hydrogens (tertiary/aromatic N) is 3. The van der Waals surface area contributed by atoms with Crippen molar-refractivity contribution in [1.29, 1.82) is 0 Å². The van der Waals surface area contributed by atoms with Crippen molar-refractivity contribution in [2.45, 2.75) is 13.1 Å². The number of phenols is 1. The Morgan fingerprint density at radius 1 is 0.967 bits per heavy atom. The molecule has 0 spiro atoms. The van der Waals surface area contributed by atoms with Gasteiger partial charge in [0, 0.05) is 23.9 Å². The van der Waals surface area contributed by atoms with Gasteiger partial charge in [-0.15, -0.1) is 0 Å². The van der Waals surface area contributed by atoms with E-state index in [4.69, 9.17) is 0 Å². The molecule has 4 rings (SSSR count). The lowest BCUT2D eigenvalue weighted by Gasteiger charge is -2.11. The molecular weight excluding hydrogens is 412 g/mol. The molecule has 30 heavy (non-hydrogen) atoms. The lowest BCUT2D eigenvalue weighted by atomic mass is 10.1. The van der Waals surface area contributed by atoms with Crippen molar-refractivity contribution in [2.24, 2.45) is 0 Å². The van der Waals surface area contributed by atoms with Crippen LogP contribution in [0.2, 0.25) is 0 Å². The summed E-state index contributed by atoms with van der Waals surface area (Å²) >= 11 is 0. The molecule has 0 aliphatic heterocycles. The standard InChI is InChI=1S/C20H11F6N3O/c1-9-19(18-14(22)5-11(30)6-15(18)23)29-8-16(27-7-17(29)28-9)10-2-3-13(21)12(4-10)20(24,25)26/h2-8,30H,1H3. The molecule has 4 aromatic rings. The number of imidazole rings is 1. The molecular formula is C20H11F6N3O. The normalized spacial score (nSPS) is 12.0. The summed E-state index contributed by atoms with van der Waals surface area (Å²) in [4.78, 5) is 8.20. The van der Waals surface area contributed by atoms with Gasteiger partial charge in [0.05, 0.1) is 34.4 Å². The molecule has 0 aliphatic carbocycles. The van der Waals surface area contributed by atoms with Gasteiger partial charge in [-0.1, -0.05) is 0 Å². The Labute approximate surface area is 165 Å². The van der Waals surface area contributed by atoms with Crippen LogP contribution in [0.25, 0.3) is 28.2 Å². The number of phenolic OH excluding ortho intramolecular Hbond substituents is 1. The van der Waals surface area contributed by atoms with Gasteiger partial charge in [-0.05, 0) is 25.1 Å². The highest BCUT2D eigenvalue weighted by Gasteiger charge is 2.34. The lowest BCUT2D eigenvalue weighted by molar-refractivity contribution is -0.139. The second-order valence-corrected chi connectivity index (χ2v) is 6.52. The minimum absolute atomic E-state index is 0.00167. The number of aromatic hydroxyl groups is 1.